The van der Waals surface area contributed by atoms with Crippen molar-refractivity contribution in [3.8, 4) is 17.6 Å². The molecule has 0 aromatic heterocycles. The molecule has 0 saturated heterocycles. The third kappa shape index (κ3) is 3.83. The van der Waals surface area contributed by atoms with E-state index in [0.29, 0.717) is 17.1 Å². The first kappa shape index (κ1) is 15.1. The topological polar surface area (TPSA) is 59.3 Å². The highest BCUT2D eigenvalue weighted by Crippen LogP contribution is 2.28. The summed E-state index contributed by atoms with van der Waals surface area (Å²) in [5, 5.41) is 8.73. The number of methoxy groups -OCH3 is 1. The third-order valence-corrected chi connectivity index (χ3v) is 3.70. The summed E-state index contributed by atoms with van der Waals surface area (Å²) in [6.07, 6.45) is 0. The predicted octanol–water partition coefficient (Wildman–Crippen LogP) is 3.96. The van der Waals surface area contributed by atoms with Crippen LogP contribution in [0.3, 0.4) is 0 Å². The normalized spacial score (nSPS) is 11.3. The van der Waals surface area contributed by atoms with Crippen LogP contribution in [0.2, 0.25) is 0 Å². The average Bonchev–Trinajstić information content (AvgIpc) is 2.55. The van der Waals surface area contributed by atoms with Gasteiger partial charge in [0.25, 0.3) is 0 Å². The Balaban J connectivity index is 2.08. The Morgan fingerprint density at radius 2 is 1.62 bits per heavy atom. The van der Waals surface area contributed by atoms with Gasteiger partial charge in [-0.1, -0.05) is 28.1 Å². The molecule has 4 nitrogen and oxygen atoms in total. The summed E-state index contributed by atoms with van der Waals surface area (Å²) in [4.78, 5) is 10.9. The number of nitrogens with zero attached hydrogens (tertiary/aromatic N) is 1. The van der Waals surface area contributed by atoms with Crippen LogP contribution >= 0.6 is 15.9 Å². The van der Waals surface area contributed by atoms with Crippen molar-refractivity contribution in [2.24, 2.45) is 0 Å². The Labute approximate surface area is 131 Å². The second-order valence-corrected chi connectivity index (χ2v) is 5.11. The van der Waals surface area contributed by atoms with E-state index in [-0.39, 0.29) is 5.97 Å². The molecule has 0 heterocycles. The lowest BCUT2D eigenvalue weighted by atomic mass is 10.1. The molecule has 106 valence electrons. The van der Waals surface area contributed by atoms with Gasteiger partial charge in [0.2, 0.25) is 0 Å². The number of rotatable bonds is 4. The highest BCUT2D eigenvalue weighted by Gasteiger charge is 2.17. The van der Waals surface area contributed by atoms with E-state index < -0.39 is 4.83 Å². The van der Waals surface area contributed by atoms with Gasteiger partial charge in [-0.2, -0.15) is 5.26 Å². The summed E-state index contributed by atoms with van der Waals surface area (Å²) in [6.45, 7) is 0. The molecule has 2 rings (SSSR count). The van der Waals surface area contributed by atoms with Crippen molar-refractivity contribution in [3.63, 3.8) is 0 Å². The Kier molecular flexibility index (Phi) is 4.96. The zero-order valence-corrected chi connectivity index (χ0v) is 12.8. The van der Waals surface area contributed by atoms with Crippen LogP contribution in [0.4, 0.5) is 0 Å². The molecule has 21 heavy (non-hydrogen) atoms. The van der Waals surface area contributed by atoms with Gasteiger partial charge in [-0.05, 0) is 42.0 Å². The number of halogens is 1. The highest BCUT2D eigenvalue weighted by atomic mass is 79.9. The molecule has 1 atom stereocenters. The van der Waals surface area contributed by atoms with Gasteiger partial charge < -0.3 is 9.47 Å². The van der Waals surface area contributed by atoms with Crippen molar-refractivity contribution in [3.05, 3.63) is 59.7 Å². The lowest BCUT2D eigenvalue weighted by Crippen LogP contribution is -2.07. The average molecular weight is 346 g/mol. The minimum atomic E-state index is -0.494. The largest absolute Gasteiger partial charge is 0.468 e. The lowest BCUT2D eigenvalue weighted by Gasteiger charge is -2.09. The minimum absolute atomic E-state index is 0.351. The van der Waals surface area contributed by atoms with Crippen LogP contribution in [-0.4, -0.2) is 13.1 Å². The van der Waals surface area contributed by atoms with Gasteiger partial charge in [0.15, 0.2) is 0 Å². The summed E-state index contributed by atoms with van der Waals surface area (Å²) < 4.78 is 10.3. The van der Waals surface area contributed by atoms with Crippen LogP contribution in [0.15, 0.2) is 48.5 Å². The number of ether oxygens (including phenoxy) is 2. The lowest BCUT2D eigenvalue weighted by molar-refractivity contribution is -0.139. The molecular formula is C16H12BrNO3. The van der Waals surface area contributed by atoms with Crippen molar-refractivity contribution in [1.29, 1.82) is 5.26 Å². The zero-order chi connectivity index (χ0) is 15.2. The quantitative estimate of drug-likeness (QED) is 0.621. The Morgan fingerprint density at radius 1 is 1.10 bits per heavy atom. The van der Waals surface area contributed by atoms with Gasteiger partial charge in [-0.15, -0.1) is 0 Å². The van der Waals surface area contributed by atoms with Crippen LogP contribution in [0.5, 0.6) is 11.5 Å². The number of carbonyl (C=O) groups is 1. The molecule has 0 saturated carbocycles. The molecule has 0 spiro atoms. The minimum Gasteiger partial charge on any atom is -0.468 e. The van der Waals surface area contributed by atoms with E-state index in [1.54, 1.807) is 48.5 Å². The van der Waals surface area contributed by atoms with Crippen molar-refractivity contribution in [2.45, 2.75) is 4.83 Å². The molecule has 0 aliphatic carbocycles. The number of benzene rings is 2. The van der Waals surface area contributed by atoms with Crippen LogP contribution in [0.1, 0.15) is 16.0 Å². The van der Waals surface area contributed by atoms with E-state index in [0.717, 1.165) is 5.56 Å². The number of alkyl halides is 1. The molecule has 0 bridgehead atoms. The fourth-order valence-electron chi connectivity index (χ4n) is 1.68. The Hall–Kier alpha value is -2.32. The molecule has 0 aliphatic rings. The highest BCUT2D eigenvalue weighted by molar-refractivity contribution is 9.09. The smallest absolute Gasteiger partial charge is 0.323 e. The van der Waals surface area contributed by atoms with Gasteiger partial charge in [0, 0.05) is 0 Å². The zero-order valence-electron chi connectivity index (χ0n) is 11.2. The predicted molar refractivity (Wildman–Crippen MR) is 81.4 cm³/mol. The van der Waals surface area contributed by atoms with Crippen molar-refractivity contribution < 1.29 is 14.3 Å². The Bertz CT molecular complexity index is 659. The van der Waals surface area contributed by atoms with Crippen LogP contribution < -0.4 is 4.74 Å². The van der Waals surface area contributed by atoms with Gasteiger partial charge in [-0.25, -0.2) is 0 Å². The molecule has 5 heteroatoms. The first-order chi connectivity index (χ1) is 10.1. The maximum atomic E-state index is 11.4. The summed E-state index contributed by atoms with van der Waals surface area (Å²) in [5.74, 6) is 0.939. The van der Waals surface area contributed by atoms with E-state index in [1.807, 2.05) is 6.07 Å². The van der Waals surface area contributed by atoms with Gasteiger partial charge in [0.05, 0.1) is 18.7 Å². The van der Waals surface area contributed by atoms with Crippen LogP contribution in [-0.2, 0) is 9.53 Å². The molecule has 0 N–H and O–H groups in total. The fraction of sp³-hybridized carbons (Fsp3) is 0.125. The molecule has 1 unspecified atom stereocenters. The number of hydrogen-bond acceptors (Lipinski definition) is 4. The van der Waals surface area contributed by atoms with Crippen molar-refractivity contribution in [2.75, 3.05) is 7.11 Å². The van der Waals surface area contributed by atoms with Crippen LogP contribution in [0.25, 0.3) is 0 Å². The molecule has 0 fully saturated rings. The monoisotopic (exact) mass is 345 g/mol. The van der Waals surface area contributed by atoms with E-state index >= 15 is 0 Å². The number of carbonyl (C=O) groups excluding carboxylic acids is 1. The molecule has 2 aromatic rings. The maximum Gasteiger partial charge on any atom is 0.323 e. The maximum absolute atomic E-state index is 11.4. The molecule has 0 aliphatic heterocycles. The second kappa shape index (κ2) is 6.91. The SMILES string of the molecule is COC(=O)C(Br)c1ccc(Oc2ccc(C#N)cc2)cc1. The molecule has 0 radical (unpaired) electrons. The first-order valence-corrected chi connectivity index (χ1v) is 7.05. The summed E-state index contributed by atoms with van der Waals surface area (Å²) in [6, 6.07) is 16.0. The van der Waals surface area contributed by atoms with E-state index in [4.69, 9.17) is 10.00 Å². The summed E-state index contributed by atoms with van der Waals surface area (Å²) in [7, 11) is 1.35. The van der Waals surface area contributed by atoms with E-state index in [2.05, 4.69) is 20.7 Å². The number of hydrogen-bond donors (Lipinski definition) is 0. The van der Waals surface area contributed by atoms with Crippen molar-refractivity contribution in [1.82, 2.24) is 0 Å². The number of esters is 1. The number of nitriles is 1. The van der Waals surface area contributed by atoms with Gasteiger partial charge in [-0.3, -0.25) is 4.79 Å². The van der Waals surface area contributed by atoms with Gasteiger partial charge in [0.1, 0.15) is 16.3 Å². The first-order valence-electron chi connectivity index (χ1n) is 6.14. The summed E-state index contributed by atoms with van der Waals surface area (Å²) in [5.41, 5.74) is 1.37. The summed E-state index contributed by atoms with van der Waals surface area (Å²) >= 11 is 3.27. The molecular weight excluding hydrogens is 334 g/mol. The second-order valence-electron chi connectivity index (χ2n) is 4.19. The van der Waals surface area contributed by atoms with Crippen LogP contribution in [0, 0.1) is 11.3 Å². The molecule has 2 aromatic carbocycles. The molecule has 0 amide bonds. The third-order valence-electron chi connectivity index (χ3n) is 2.80. The van der Waals surface area contributed by atoms with E-state index in [9.17, 15) is 4.79 Å². The van der Waals surface area contributed by atoms with E-state index in [1.165, 1.54) is 7.11 Å². The fourth-order valence-corrected chi connectivity index (χ4v) is 2.17. The van der Waals surface area contributed by atoms with Crippen molar-refractivity contribution >= 4 is 21.9 Å². The van der Waals surface area contributed by atoms with Gasteiger partial charge >= 0.3 is 5.97 Å². The standard InChI is InChI=1S/C16H12BrNO3/c1-20-16(19)15(17)12-4-8-14(9-5-12)21-13-6-2-11(10-18)3-7-13/h2-9,15H,1H3. The Morgan fingerprint density at radius 3 is 2.10 bits per heavy atom.